The van der Waals surface area contributed by atoms with Crippen LogP contribution in [0.5, 0.6) is 5.75 Å². The highest BCUT2D eigenvalue weighted by Gasteiger charge is 2.14. The Kier molecular flexibility index (Phi) is 5.30. The van der Waals surface area contributed by atoms with E-state index in [9.17, 15) is 4.79 Å². The molecular weight excluding hydrogens is 286 g/mol. The average Bonchev–Trinajstić information content (AvgIpc) is 2.96. The molecule has 112 valence electrons. The van der Waals surface area contributed by atoms with Crippen molar-refractivity contribution in [3.8, 4) is 5.75 Å². The molecule has 1 atom stereocenters. The molecule has 0 fully saturated rings. The first kappa shape index (κ1) is 15.5. The number of hydrogen-bond acceptors (Lipinski definition) is 5. The molecule has 1 aromatic heterocycles. The monoisotopic (exact) mass is 305 g/mol. The van der Waals surface area contributed by atoms with Crippen molar-refractivity contribution in [3.63, 3.8) is 0 Å². The minimum absolute atomic E-state index is 0.118. The Balaban J connectivity index is 2.03. The van der Waals surface area contributed by atoms with Crippen LogP contribution >= 0.6 is 11.3 Å². The fourth-order valence-electron chi connectivity index (χ4n) is 1.92. The normalized spacial score (nSPS) is 12.0. The van der Waals surface area contributed by atoms with Crippen LogP contribution in [-0.2, 0) is 6.42 Å². The summed E-state index contributed by atoms with van der Waals surface area (Å²) >= 11 is 1.46. The Labute approximate surface area is 128 Å². The molecule has 0 spiro atoms. The predicted molar refractivity (Wildman–Crippen MR) is 83.7 cm³/mol. The van der Waals surface area contributed by atoms with Crippen LogP contribution in [0.25, 0.3) is 0 Å². The van der Waals surface area contributed by atoms with Crippen LogP contribution < -0.4 is 15.8 Å². The van der Waals surface area contributed by atoms with E-state index < -0.39 is 0 Å². The number of aromatic nitrogens is 1. The van der Waals surface area contributed by atoms with Gasteiger partial charge in [0.15, 0.2) is 0 Å². The van der Waals surface area contributed by atoms with Gasteiger partial charge in [-0.1, -0.05) is 12.1 Å². The van der Waals surface area contributed by atoms with Crippen LogP contribution in [-0.4, -0.2) is 24.5 Å². The minimum Gasteiger partial charge on any atom is -0.497 e. The molecule has 0 bridgehead atoms. The van der Waals surface area contributed by atoms with Crippen molar-refractivity contribution in [1.29, 1.82) is 0 Å². The van der Waals surface area contributed by atoms with Gasteiger partial charge in [0.25, 0.3) is 5.91 Å². The number of thiazole rings is 1. The molecule has 0 aliphatic carbocycles. The molecular formula is C15H19N3O2S. The number of rotatable bonds is 6. The lowest BCUT2D eigenvalue weighted by molar-refractivity contribution is 0.0935. The first-order chi connectivity index (χ1) is 10.1. The lowest BCUT2D eigenvalue weighted by Gasteiger charge is -2.14. The number of hydrogen-bond donors (Lipinski definition) is 2. The molecule has 2 rings (SSSR count). The fraction of sp³-hybridized carbons (Fsp3) is 0.333. The second-order valence-corrected chi connectivity index (χ2v) is 5.58. The van der Waals surface area contributed by atoms with E-state index in [1.165, 1.54) is 11.3 Å². The zero-order valence-electron chi connectivity index (χ0n) is 12.1. The van der Waals surface area contributed by atoms with Crippen LogP contribution in [0.2, 0.25) is 0 Å². The summed E-state index contributed by atoms with van der Waals surface area (Å²) in [4.78, 5) is 16.5. The zero-order chi connectivity index (χ0) is 15.2. The summed E-state index contributed by atoms with van der Waals surface area (Å²) in [5, 5.41) is 5.59. The number of carbonyl (C=O) groups excluding carboxylic acids is 1. The lowest BCUT2D eigenvalue weighted by atomic mass is 10.1. The SMILES string of the molecule is COc1cccc([C@H](C)NC(=O)c2csc(CCN)n2)c1. The Morgan fingerprint density at radius 1 is 1.52 bits per heavy atom. The number of nitrogens with two attached hydrogens (primary N) is 1. The fourth-order valence-corrected chi connectivity index (χ4v) is 2.71. The van der Waals surface area contributed by atoms with Crippen molar-refractivity contribution >= 4 is 17.2 Å². The quantitative estimate of drug-likeness (QED) is 0.857. The molecule has 21 heavy (non-hydrogen) atoms. The second-order valence-electron chi connectivity index (χ2n) is 4.64. The summed E-state index contributed by atoms with van der Waals surface area (Å²) in [7, 11) is 1.62. The summed E-state index contributed by atoms with van der Waals surface area (Å²) in [5.41, 5.74) is 6.91. The lowest BCUT2D eigenvalue weighted by Crippen LogP contribution is -2.27. The molecule has 1 amide bonds. The first-order valence-corrected chi connectivity index (χ1v) is 7.61. The molecule has 0 radical (unpaired) electrons. The van der Waals surface area contributed by atoms with Crippen LogP contribution in [0, 0.1) is 0 Å². The smallest absolute Gasteiger partial charge is 0.271 e. The first-order valence-electron chi connectivity index (χ1n) is 6.73. The van der Waals surface area contributed by atoms with Gasteiger partial charge < -0.3 is 15.8 Å². The van der Waals surface area contributed by atoms with Gasteiger partial charge in [0.05, 0.1) is 18.2 Å². The third-order valence-electron chi connectivity index (χ3n) is 3.08. The van der Waals surface area contributed by atoms with Gasteiger partial charge in [0, 0.05) is 11.8 Å². The summed E-state index contributed by atoms with van der Waals surface area (Å²) in [6, 6.07) is 7.52. The van der Waals surface area contributed by atoms with Crippen molar-refractivity contribution < 1.29 is 9.53 Å². The minimum atomic E-state index is -0.176. The van der Waals surface area contributed by atoms with E-state index in [0.717, 1.165) is 16.3 Å². The van der Waals surface area contributed by atoms with Gasteiger partial charge in [-0.05, 0) is 31.2 Å². The zero-order valence-corrected chi connectivity index (χ0v) is 12.9. The topological polar surface area (TPSA) is 77.2 Å². The van der Waals surface area contributed by atoms with Crippen molar-refractivity contribution in [2.45, 2.75) is 19.4 Å². The van der Waals surface area contributed by atoms with Crippen molar-refractivity contribution in [1.82, 2.24) is 10.3 Å². The predicted octanol–water partition coefficient (Wildman–Crippen LogP) is 2.14. The van der Waals surface area contributed by atoms with E-state index in [0.29, 0.717) is 18.7 Å². The highest BCUT2D eigenvalue weighted by molar-refractivity contribution is 7.09. The number of amides is 1. The second kappa shape index (κ2) is 7.19. The van der Waals surface area contributed by atoms with E-state index in [-0.39, 0.29) is 11.9 Å². The third-order valence-corrected chi connectivity index (χ3v) is 3.99. The van der Waals surface area contributed by atoms with Gasteiger partial charge in [-0.3, -0.25) is 4.79 Å². The molecule has 0 aliphatic rings. The third kappa shape index (κ3) is 4.03. The molecule has 0 saturated carbocycles. The molecule has 5 nitrogen and oxygen atoms in total. The molecule has 0 saturated heterocycles. The maximum atomic E-state index is 12.2. The van der Waals surface area contributed by atoms with Gasteiger partial charge in [0.2, 0.25) is 0 Å². The molecule has 2 aromatic rings. The van der Waals surface area contributed by atoms with Crippen molar-refractivity contribution in [3.05, 3.63) is 45.9 Å². The molecule has 3 N–H and O–H groups in total. The number of nitrogens with zero attached hydrogens (tertiary/aromatic N) is 1. The van der Waals surface area contributed by atoms with Crippen LogP contribution in [0.3, 0.4) is 0 Å². The Hall–Kier alpha value is -1.92. The summed E-state index contributed by atoms with van der Waals surface area (Å²) in [5.74, 6) is 0.595. The highest BCUT2D eigenvalue weighted by atomic mass is 32.1. The van der Waals surface area contributed by atoms with E-state index in [1.54, 1.807) is 12.5 Å². The van der Waals surface area contributed by atoms with E-state index in [1.807, 2.05) is 31.2 Å². The van der Waals surface area contributed by atoms with Crippen molar-refractivity contribution in [2.24, 2.45) is 5.73 Å². The molecule has 0 aliphatic heterocycles. The number of methoxy groups -OCH3 is 1. The van der Waals surface area contributed by atoms with Gasteiger partial charge in [-0.2, -0.15) is 0 Å². The largest absolute Gasteiger partial charge is 0.497 e. The molecule has 1 aromatic carbocycles. The molecule has 0 unspecified atom stereocenters. The maximum absolute atomic E-state index is 12.2. The number of ether oxygens (including phenoxy) is 1. The van der Waals surface area contributed by atoms with Gasteiger partial charge in [-0.15, -0.1) is 11.3 Å². The van der Waals surface area contributed by atoms with Crippen LogP contribution in [0.4, 0.5) is 0 Å². The highest BCUT2D eigenvalue weighted by Crippen LogP contribution is 2.19. The standard InChI is InChI=1S/C15H19N3O2S/c1-10(11-4-3-5-12(8-11)20-2)17-15(19)13-9-21-14(18-13)6-7-16/h3-5,8-10H,6-7,16H2,1-2H3,(H,17,19)/t10-/m0/s1. The van der Waals surface area contributed by atoms with Crippen LogP contribution in [0.15, 0.2) is 29.6 Å². The summed E-state index contributed by atoms with van der Waals surface area (Å²) in [6.07, 6.45) is 0.698. The van der Waals surface area contributed by atoms with E-state index >= 15 is 0 Å². The number of carbonyl (C=O) groups is 1. The summed E-state index contributed by atoms with van der Waals surface area (Å²) in [6.45, 7) is 2.47. The summed E-state index contributed by atoms with van der Waals surface area (Å²) < 4.78 is 5.19. The number of benzene rings is 1. The van der Waals surface area contributed by atoms with Gasteiger partial charge >= 0.3 is 0 Å². The van der Waals surface area contributed by atoms with Gasteiger partial charge in [0.1, 0.15) is 11.4 Å². The van der Waals surface area contributed by atoms with E-state index in [2.05, 4.69) is 10.3 Å². The molecule has 1 heterocycles. The Morgan fingerprint density at radius 2 is 2.33 bits per heavy atom. The van der Waals surface area contributed by atoms with Crippen molar-refractivity contribution in [2.75, 3.05) is 13.7 Å². The van der Waals surface area contributed by atoms with Crippen LogP contribution in [0.1, 0.15) is 34.0 Å². The maximum Gasteiger partial charge on any atom is 0.271 e. The molecule has 6 heteroatoms. The average molecular weight is 305 g/mol. The number of nitrogens with one attached hydrogen (secondary N) is 1. The Bertz CT molecular complexity index is 612. The van der Waals surface area contributed by atoms with Gasteiger partial charge in [-0.25, -0.2) is 4.98 Å². The van der Waals surface area contributed by atoms with E-state index in [4.69, 9.17) is 10.5 Å². The Morgan fingerprint density at radius 3 is 3.05 bits per heavy atom.